The molecule has 1 heterocycles. The number of benzene rings is 1. The van der Waals surface area contributed by atoms with E-state index >= 15 is 0 Å². The number of nitrogens with zero attached hydrogens (tertiary/aromatic N) is 2. The molecule has 2 aromatic rings. The van der Waals surface area contributed by atoms with Crippen molar-refractivity contribution in [3.05, 3.63) is 47.9 Å². The molecule has 1 aromatic heterocycles. The largest absolute Gasteiger partial charge is 0.491 e. The third-order valence-corrected chi connectivity index (χ3v) is 3.04. The molecule has 1 aromatic carbocycles. The highest BCUT2D eigenvalue weighted by Crippen LogP contribution is 2.31. The van der Waals surface area contributed by atoms with Crippen LogP contribution in [0.4, 0.5) is 19.0 Å². The standard InChI is InChI=1S/C15H15F3N4O3/c16-15(17,18)9-2-1-3-11(6-9)25-8-10(23)7-22-14(24)12-13(19)21-5-4-20-12/h1-6,10,23H,7-8H2,(H2,19,21)(H,22,24)/t10-/m1/s1. The van der Waals surface area contributed by atoms with Gasteiger partial charge < -0.3 is 20.9 Å². The third kappa shape index (κ3) is 5.31. The van der Waals surface area contributed by atoms with Crippen LogP contribution in [0.25, 0.3) is 0 Å². The van der Waals surface area contributed by atoms with Crippen LogP contribution in [0.15, 0.2) is 36.7 Å². The van der Waals surface area contributed by atoms with Crippen molar-refractivity contribution in [2.24, 2.45) is 0 Å². The molecule has 1 atom stereocenters. The average Bonchev–Trinajstić information content (AvgIpc) is 2.58. The predicted octanol–water partition coefficient (Wildman–Crippen LogP) is 1.25. The Morgan fingerprint density at radius 1 is 1.32 bits per heavy atom. The molecule has 0 saturated heterocycles. The topological polar surface area (TPSA) is 110 Å². The van der Waals surface area contributed by atoms with Crippen LogP contribution in [0.2, 0.25) is 0 Å². The molecule has 7 nitrogen and oxygen atoms in total. The lowest BCUT2D eigenvalue weighted by atomic mass is 10.2. The van der Waals surface area contributed by atoms with Crippen LogP contribution in [-0.4, -0.2) is 40.2 Å². The minimum atomic E-state index is -4.48. The van der Waals surface area contributed by atoms with Gasteiger partial charge in [0.15, 0.2) is 11.5 Å². The molecule has 0 radical (unpaired) electrons. The second-order valence-electron chi connectivity index (χ2n) is 4.99. The van der Waals surface area contributed by atoms with Crippen molar-refractivity contribution in [2.75, 3.05) is 18.9 Å². The number of hydrogen-bond donors (Lipinski definition) is 3. The zero-order valence-electron chi connectivity index (χ0n) is 12.8. The van der Waals surface area contributed by atoms with Gasteiger partial charge in [-0.15, -0.1) is 0 Å². The number of rotatable bonds is 6. The summed E-state index contributed by atoms with van der Waals surface area (Å²) < 4.78 is 42.9. The Labute approximate surface area is 140 Å². The van der Waals surface area contributed by atoms with Crippen molar-refractivity contribution >= 4 is 11.7 Å². The number of alkyl halides is 3. The van der Waals surface area contributed by atoms with Crippen LogP contribution < -0.4 is 15.8 Å². The number of amides is 1. The summed E-state index contributed by atoms with van der Waals surface area (Å²) in [6, 6.07) is 4.27. The first-order valence-electron chi connectivity index (χ1n) is 7.10. The highest BCUT2D eigenvalue weighted by Gasteiger charge is 2.30. The van der Waals surface area contributed by atoms with E-state index in [1.54, 1.807) is 0 Å². The van der Waals surface area contributed by atoms with Gasteiger partial charge in [0.2, 0.25) is 0 Å². The second kappa shape index (κ2) is 7.79. The average molecular weight is 356 g/mol. The summed E-state index contributed by atoms with van der Waals surface area (Å²) in [5, 5.41) is 12.2. The summed E-state index contributed by atoms with van der Waals surface area (Å²) in [5.41, 5.74) is 4.55. The lowest BCUT2D eigenvalue weighted by Crippen LogP contribution is -2.36. The third-order valence-electron chi connectivity index (χ3n) is 3.04. The normalized spacial score (nSPS) is 12.5. The molecule has 0 aliphatic heterocycles. The number of anilines is 1. The van der Waals surface area contributed by atoms with Gasteiger partial charge >= 0.3 is 6.18 Å². The number of aromatic nitrogens is 2. The van der Waals surface area contributed by atoms with E-state index in [0.29, 0.717) is 0 Å². The fourth-order valence-corrected chi connectivity index (χ4v) is 1.83. The summed E-state index contributed by atoms with van der Waals surface area (Å²) >= 11 is 0. The Morgan fingerprint density at radius 2 is 2.04 bits per heavy atom. The highest BCUT2D eigenvalue weighted by molar-refractivity contribution is 5.96. The minimum absolute atomic E-state index is 0.0432. The monoisotopic (exact) mass is 356 g/mol. The Balaban J connectivity index is 1.84. The first kappa shape index (κ1) is 18.5. The van der Waals surface area contributed by atoms with Gasteiger partial charge in [0, 0.05) is 18.9 Å². The van der Waals surface area contributed by atoms with Crippen molar-refractivity contribution in [1.29, 1.82) is 0 Å². The molecule has 1 amide bonds. The number of nitrogens with two attached hydrogens (primary N) is 1. The number of aliphatic hydroxyl groups excluding tert-OH is 1. The van der Waals surface area contributed by atoms with E-state index in [9.17, 15) is 23.1 Å². The number of carbonyl (C=O) groups excluding carboxylic acids is 1. The van der Waals surface area contributed by atoms with Crippen molar-refractivity contribution < 1.29 is 27.8 Å². The quantitative estimate of drug-likeness (QED) is 0.718. The zero-order valence-corrected chi connectivity index (χ0v) is 12.8. The molecule has 0 aliphatic rings. The van der Waals surface area contributed by atoms with Gasteiger partial charge in [-0.1, -0.05) is 6.07 Å². The molecular weight excluding hydrogens is 341 g/mol. The Hall–Kier alpha value is -2.88. The molecule has 0 aliphatic carbocycles. The fraction of sp³-hybridized carbons (Fsp3) is 0.267. The maximum absolute atomic E-state index is 12.6. The van der Waals surface area contributed by atoms with Gasteiger partial charge in [-0.2, -0.15) is 13.2 Å². The Kier molecular flexibility index (Phi) is 5.75. The molecule has 0 fully saturated rings. The molecule has 25 heavy (non-hydrogen) atoms. The highest BCUT2D eigenvalue weighted by atomic mass is 19.4. The van der Waals surface area contributed by atoms with Crippen LogP contribution in [0.5, 0.6) is 5.75 Å². The van der Waals surface area contributed by atoms with E-state index in [-0.39, 0.29) is 30.4 Å². The molecule has 0 saturated carbocycles. The van der Waals surface area contributed by atoms with E-state index in [1.807, 2.05) is 0 Å². The number of nitrogens with one attached hydrogen (secondary N) is 1. The number of halogens is 3. The van der Waals surface area contributed by atoms with Crippen molar-refractivity contribution in [3.63, 3.8) is 0 Å². The summed E-state index contributed by atoms with van der Waals surface area (Å²) in [7, 11) is 0. The number of carbonyl (C=O) groups is 1. The Morgan fingerprint density at radius 3 is 2.72 bits per heavy atom. The van der Waals surface area contributed by atoms with E-state index in [0.717, 1.165) is 12.1 Å². The van der Waals surface area contributed by atoms with Crippen LogP contribution in [0, 0.1) is 0 Å². The van der Waals surface area contributed by atoms with Gasteiger partial charge in [-0.3, -0.25) is 4.79 Å². The number of nitrogen functional groups attached to an aromatic ring is 1. The first-order valence-corrected chi connectivity index (χ1v) is 7.10. The minimum Gasteiger partial charge on any atom is -0.491 e. The van der Waals surface area contributed by atoms with Gasteiger partial charge in [0.05, 0.1) is 5.56 Å². The molecule has 2 rings (SSSR count). The Bertz CT molecular complexity index is 740. The molecular formula is C15H15F3N4O3. The summed E-state index contributed by atoms with van der Waals surface area (Å²) in [6.45, 7) is -0.509. The fourth-order valence-electron chi connectivity index (χ4n) is 1.83. The van der Waals surface area contributed by atoms with Crippen LogP contribution in [0.1, 0.15) is 16.1 Å². The SMILES string of the molecule is Nc1nccnc1C(=O)NC[C@@H](O)COc1cccc(C(F)(F)F)c1. The van der Waals surface area contributed by atoms with Crippen LogP contribution >= 0.6 is 0 Å². The summed E-state index contributed by atoms with van der Waals surface area (Å²) in [4.78, 5) is 19.3. The number of ether oxygens (including phenoxy) is 1. The predicted molar refractivity (Wildman–Crippen MR) is 81.7 cm³/mol. The smallest absolute Gasteiger partial charge is 0.416 e. The van der Waals surface area contributed by atoms with Crippen LogP contribution in [-0.2, 0) is 6.18 Å². The van der Waals surface area contributed by atoms with Gasteiger partial charge in [0.1, 0.15) is 18.5 Å². The molecule has 10 heteroatoms. The van der Waals surface area contributed by atoms with Gasteiger partial charge in [-0.05, 0) is 18.2 Å². The van der Waals surface area contributed by atoms with E-state index in [4.69, 9.17) is 10.5 Å². The second-order valence-corrected chi connectivity index (χ2v) is 4.99. The molecule has 0 spiro atoms. The van der Waals surface area contributed by atoms with Crippen LogP contribution in [0.3, 0.4) is 0 Å². The molecule has 0 bridgehead atoms. The van der Waals surface area contributed by atoms with E-state index in [2.05, 4.69) is 15.3 Å². The maximum atomic E-state index is 12.6. The van der Waals surface area contributed by atoms with E-state index in [1.165, 1.54) is 24.5 Å². The molecule has 4 N–H and O–H groups in total. The number of hydrogen-bond acceptors (Lipinski definition) is 6. The number of aliphatic hydroxyl groups is 1. The summed E-state index contributed by atoms with van der Waals surface area (Å²) in [6.07, 6.45) is -3.01. The van der Waals surface area contributed by atoms with Gasteiger partial charge in [-0.25, -0.2) is 9.97 Å². The van der Waals surface area contributed by atoms with Crippen molar-refractivity contribution in [3.8, 4) is 5.75 Å². The van der Waals surface area contributed by atoms with Gasteiger partial charge in [0.25, 0.3) is 5.91 Å². The maximum Gasteiger partial charge on any atom is 0.416 e. The first-order chi connectivity index (χ1) is 11.8. The molecule has 134 valence electrons. The van der Waals surface area contributed by atoms with E-state index < -0.39 is 23.8 Å². The van der Waals surface area contributed by atoms with Crippen molar-refractivity contribution in [2.45, 2.75) is 12.3 Å². The summed E-state index contributed by atoms with van der Waals surface area (Å²) in [5.74, 6) is -0.739. The molecule has 0 unspecified atom stereocenters. The lowest BCUT2D eigenvalue weighted by molar-refractivity contribution is -0.137. The van der Waals surface area contributed by atoms with Crippen molar-refractivity contribution in [1.82, 2.24) is 15.3 Å². The zero-order chi connectivity index (χ0) is 18.4. The lowest BCUT2D eigenvalue weighted by Gasteiger charge is -2.14.